The van der Waals surface area contributed by atoms with Crippen molar-refractivity contribution in [2.24, 2.45) is 29.1 Å². The zero-order chi connectivity index (χ0) is 37.2. The molecular formula is C44H40N2O7. The molecule has 4 aromatic rings. The summed E-state index contributed by atoms with van der Waals surface area (Å²) in [4.78, 5) is 60.2. The number of methoxy groups -OCH3 is 2. The summed E-state index contributed by atoms with van der Waals surface area (Å²) in [6.07, 6.45) is 6.50. The first-order valence-electron chi connectivity index (χ1n) is 17.9. The molecule has 8 rings (SSSR count). The molecule has 9 heteroatoms. The fraction of sp³-hybridized carbons (Fsp3) is 0.273. The number of ether oxygens (including phenoxy) is 2. The average Bonchev–Trinajstić information content (AvgIpc) is 3.54. The number of hydrogen-bond donors (Lipinski definition) is 1. The van der Waals surface area contributed by atoms with E-state index >= 15 is 0 Å². The molecular weight excluding hydrogens is 668 g/mol. The number of aromatic hydroxyl groups is 1. The predicted octanol–water partition coefficient (Wildman–Crippen LogP) is 7.32. The van der Waals surface area contributed by atoms with Gasteiger partial charge in [0.15, 0.2) is 0 Å². The molecule has 2 saturated heterocycles. The number of carbonyl (C=O) groups is 4. The second-order valence-electron chi connectivity index (χ2n) is 14.6. The second-order valence-corrected chi connectivity index (χ2v) is 14.6. The summed E-state index contributed by atoms with van der Waals surface area (Å²) in [5.74, 6) is -2.55. The van der Waals surface area contributed by atoms with Crippen molar-refractivity contribution in [2.75, 3.05) is 24.0 Å². The molecule has 2 aliphatic heterocycles. The van der Waals surface area contributed by atoms with Crippen molar-refractivity contribution in [3.05, 3.63) is 125 Å². The van der Waals surface area contributed by atoms with Crippen LogP contribution in [0.25, 0.3) is 12.2 Å². The number of phenols is 1. The van der Waals surface area contributed by atoms with Crippen LogP contribution in [0.3, 0.4) is 0 Å². The molecule has 4 aliphatic rings. The van der Waals surface area contributed by atoms with Crippen LogP contribution in [0.4, 0.5) is 11.4 Å². The highest BCUT2D eigenvalue weighted by atomic mass is 16.5. The Morgan fingerprint density at radius 1 is 0.774 bits per heavy atom. The Morgan fingerprint density at radius 3 is 2.21 bits per heavy atom. The smallest absolute Gasteiger partial charge is 0.241 e. The van der Waals surface area contributed by atoms with E-state index in [4.69, 9.17) is 9.47 Å². The highest BCUT2D eigenvalue weighted by Gasteiger charge is 2.67. The fourth-order valence-corrected chi connectivity index (χ4v) is 9.22. The number of allylic oxidation sites excluding steroid dienone is 2. The molecule has 268 valence electrons. The summed E-state index contributed by atoms with van der Waals surface area (Å²) in [6.45, 7) is 3.67. The van der Waals surface area contributed by atoms with Crippen molar-refractivity contribution in [2.45, 2.75) is 32.6 Å². The lowest BCUT2D eigenvalue weighted by Crippen LogP contribution is -2.48. The van der Waals surface area contributed by atoms with Crippen molar-refractivity contribution < 1.29 is 33.8 Å². The topological polar surface area (TPSA) is 113 Å². The number of carbonyl (C=O) groups excluding carboxylic acids is 4. The number of fused-ring (bicyclic) bond motifs is 4. The Bertz CT molecular complexity index is 2230. The van der Waals surface area contributed by atoms with Gasteiger partial charge >= 0.3 is 0 Å². The molecule has 6 atom stereocenters. The Morgan fingerprint density at radius 2 is 1.51 bits per heavy atom. The second kappa shape index (κ2) is 12.9. The molecule has 6 unspecified atom stereocenters. The zero-order valence-electron chi connectivity index (χ0n) is 30.0. The van der Waals surface area contributed by atoms with Crippen LogP contribution in [0.15, 0.2) is 103 Å². The van der Waals surface area contributed by atoms with Gasteiger partial charge in [0, 0.05) is 11.5 Å². The monoisotopic (exact) mass is 708 g/mol. The van der Waals surface area contributed by atoms with Gasteiger partial charge in [-0.1, -0.05) is 66.3 Å². The van der Waals surface area contributed by atoms with Gasteiger partial charge in [0.1, 0.15) is 17.2 Å². The lowest BCUT2D eigenvalue weighted by Gasteiger charge is -2.49. The summed E-state index contributed by atoms with van der Waals surface area (Å²) >= 11 is 0. The largest absolute Gasteiger partial charge is 0.508 e. The van der Waals surface area contributed by atoms with Gasteiger partial charge in [-0.2, -0.15) is 0 Å². The summed E-state index contributed by atoms with van der Waals surface area (Å²) in [6, 6.07) is 27.1. The quantitative estimate of drug-likeness (QED) is 0.122. The van der Waals surface area contributed by atoms with Gasteiger partial charge in [-0.25, -0.2) is 4.90 Å². The number of anilines is 2. The van der Waals surface area contributed by atoms with Crippen LogP contribution in [0, 0.1) is 36.0 Å². The van der Waals surface area contributed by atoms with E-state index in [2.05, 4.69) is 0 Å². The van der Waals surface area contributed by atoms with Crippen LogP contribution in [0.1, 0.15) is 47.9 Å². The van der Waals surface area contributed by atoms with Gasteiger partial charge in [-0.05, 0) is 97.8 Å². The van der Waals surface area contributed by atoms with E-state index in [9.17, 15) is 24.3 Å². The van der Waals surface area contributed by atoms with Crippen LogP contribution < -0.4 is 19.3 Å². The molecule has 0 bridgehead atoms. The number of hydrogen-bond acceptors (Lipinski definition) is 7. The van der Waals surface area contributed by atoms with Crippen molar-refractivity contribution in [1.29, 1.82) is 0 Å². The lowest BCUT2D eigenvalue weighted by molar-refractivity contribution is -0.131. The molecule has 3 fully saturated rings. The van der Waals surface area contributed by atoms with E-state index in [1.807, 2.05) is 73.7 Å². The normalized spacial score (nSPS) is 26.4. The van der Waals surface area contributed by atoms with Crippen LogP contribution in [-0.4, -0.2) is 43.0 Å². The summed E-state index contributed by atoms with van der Waals surface area (Å²) in [7, 11) is 3.22. The number of para-hydroxylation sites is 1. The minimum absolute atomic E-state index is 0.133. The SMILES string of the molecule is COc1ccc(OC)c(C=Cc2ccc(N3C(=O)C4CC=C5C(CC6C(=O)N(c7ccccc7)C(=O)C6(C)C5c5ccc(O)c(C)c5)C4C3=O)cc2)c1. The molecule has 2 aliphatic carbocycles. The number of nitrogens with zero attached hydrogens (tertiary/aromatic N) is 2. The molecule has 0 aromatic heterocycles. The lowest BCUT2D eigenvalue weighted by atomic mass is 9.51. The van der Waals surface area contributed by atoms with E-state index in [1.54, 1.807) is 63.6 Å². The minimum Gasteiger partial charge on any atom is -0.508 e. The molecule has 1 N–H and O–H groups in total. The van der Waals surface area contributed by atoms with E-state index in [-0.39, 0.29) is 35.8 Å². The van der Waals surface area contributed by atoms with Gasteiger partial charge < -0.3 is 14.6 Å². The van der Waals surface area contributed by atoms with Gasteiger partial charge in [-0.3, -0.25) is 24.1 Å². The predicted molar refractivity (Wildman–Crippen MR) is 201 cm³/mol. The molecule has 0 spiro atoms. The number of rotatable bonds is 7. The molecule has 0 radical (unpaired) electrons. The molecule has 2 heterocycles. The Hall–Kier alpha value is -5.96. The minimum atomic E-state index is -1.14. The van der Waals surface area contributed by atoms with E-state index in [0.29, 0.717) is 34.9 Å². The first-order valence-corrected chi connectivity index (χ1v) is 17.9. The first-order chi connectivity index (χ1) is 25.6. The number of imide groups is 2. The summed E-state index contributed by atoms with van der Waals surface area (Å²) in [5, 5.41) is 10.4. The molecule has 4 amide bonds. The maximum Gasteiger partial charge on any atom is 0.241 e. The zero-order valence-corrected chi connectivity index (χ0v) is 30.0. The average molecular weight is 709 g/mol. The van der Waals surface area contributed by atoms with E-state index in [1.165, 1.54) is 9.80 Å². The Kier molecular flexibility index (Phi) is 8.32. The van der Waals surface area contributed by atoms with Crippen molar-refractivity contribution in [1.82, 2.24) is 0 Å². The van der Waals surface area contributed by atoms with E-state index in [0.717, 1.165) is 22.3 Å². The van der Waals surface area contributed by atoms with Crippen molar-refractivity contribution >= 4 is 47.2 Å². The van der Waals surface area contributed by atoms with Gasteiger partial charge in [0.25, 0.3) is 0 Å². The van der Waals surface area contributed by atoms with Crippen LogP contribution in [0.2, 0.25) is 0 Å². The van der Waals surface area contributed by atoms with Crippen LogP contribution in [-0.2, 0) is 19.2 Å². The van der Waals surface area contributed by atoms with Gasteiger partial charge in [-0.15, -0.1) is 0 Å². The third kappa shape index (κ3) is 5.28. The fourth-order valence-electron chi connectivity index (χ4n) is 9.22. The Labute approximate surface area is 308 Å². The summed E-state index contributed by atoms with van der Waals surface area (Å²) in [5.41, 5.74) is 3.90. The van der Waals surface area contributed by atoms with Crippen molar-refractivity contribution in [3.8, 4) is 17.2 Å². The molecule has 4 aromatic carbocycles. The number of benzene rings is 4. The van der Waals surface area contributed by atoms with Crippen LogP contribution in [0.5, 0.6) is 17.2 Å². The maximum absolute atomic E-state index is 14.6. The number of amides is 4. The highest BCUT2D eigenvalue weighted by molar-refractivity contribution is 6.25. The summed E-state index contributed by atoms with van der Waals surface area (Å²) < 4.78 is 10.9. The van der Waals surface area contributed by atoms with Crippen molar-refractivity contribution in [3.63, 3.8) is 0 Å². The van der Waals surface area contributed by atoms with Crippen LogP contribution >= 0.6 is 0 Å². The van der Waals surface area contributed by atoms with Gasteiger partial charge in [0.05, 0.1) is 48.8 Å². The van der Waals surface area contributed by atoms with Gasteiger partial charge in [0.2, 0.25) is 23.6 Å². The number of aryl methyl sites for hydroxylation is 1. The molecule has 9 nitrogen and oxygen atoms in total. The first kappa shape index (κ1) is 34.1. The molecule has 53 heavy (non-hydrogen) atoms. The third-order valence-electron chi connectivity index (χ3n) is 11.9. The highest BCUT2D eigenvalue weighted by Crippen LogP contribution is 2.63. The molecule has 1 saturated carbocycles. The Balaban J connectivity index is 1.13. The third-order valence-corrected chi connectivity index (χ3v) is 11.9. The standard InChI is InChI=1S/C44H40N2O7/c1-25-22-28(14-20-36(25)47)39-32-18-19-33-38(34(32)24-35-41(49)46(43(51)44(35,39)2)29-8-6-5-7-9-29)42(50)45(40(33)48)30-15-11-26(12-16-30)10-13-27-23-31(52-3)17-21-37(27)53-4/h5-18,20-23,33-35,38-39,47H,19,24H2,1-4H3. The van der Waals surface area contributed by atoms with E-state index < -0.39 is 35.0 Å². The maximum atomic E-state index is 14.6. The number of phenolic OH excluding ortho intramolecular Hbond substituents is 1.